The number of ether oxygens (including phenoxy) is 1. The van der Waals surface area contributed by atoms with Crippen molar-refractivity contribution in [3.05, 3.63) is 48.0 Å². The molecule has 0 aromatic heterocycles. The summed E-state index contributed by atoms with van der Waals surface area (Å²) in [6.07, 6.45) is 2.22. The largest absolute Gasteiger partial charge is 0.454 e. The molecule has 1 aliphatic rings. The summed E-state index contributed by atoms with van der Waals surface area (Å²) >= 11 is 0. The van der Waals surface area contributed by atoms with Crippen molar-refractivity contribution in [3.63, 3.8) is 0 Å². The second-order valence-corrected chi connectivity index (χ2v) is 4.45. The topological polar surface area (TPSA) is 52.3 Å². The van der Waals surface area contributed by atoms with Crippen LogP contribution in [0.5, 0.6) is 0 Å². The molecule has 2 atom stereocenters. The Morgan fingerprint density at radius 1 is 1.35 bits per heavy atom. The minimum absolute atomic E-state index is 0.106. The fourth-order valence-corrected chi connectivity index (χ4v) is 1.99. The molecule has 3 nitrogen and oxygen atoms in total. The van der Waals surface area contributed by atoms with E-state index in [2.05, 4.69) is 6.58 Å². The molecule has 0 spiro atoms. The van der Waals surface area contributed by atoms with E-state index in [-0.39, 0.29) is 18.1 Å². The van der Waals surface area contributed by atoms with E-state index in [1.807, 2.05) is 18.2 Å². The first kappa shape index (κ1) is 11.9. The maximum atomic E-state index is 11.9. The van der Waals surface area contributed by atoms with Gasteiger partial charge in [-0.1, -0.05) is 24.8 Å². The molecule has 1 saturated carbocycles. The van der Waals surface area contributed by atoms with Crippen LogP contribution in [0.3, 0.4) is 0 Å². The lowest BCUT2D eigenvalue weighted by atomic mass is 9.90. The molecule has 1 aliphatic carbocycles. The Balaban J connectivity index is 2.01. The van der Waals surface area contributed by atoms with Gasteiger partial charge in [-0.15, -0.1) is 0 Å². The van der Waals surface area contributed by atoms with Crippen molar-refractivity contribution in [1.82, 2.24) is 0 Å². The zero-order valence-corrected chi connectivity index (χ0v) is 9.76. The third-order valence-electron chi connectivity index (χ3n) is 3.07. The number of benzene rings is 1. The van der Waals surface area contributed by atoms with Gasteiger partial charge >= 0.3 is 5.97 Å². The maximum Gasteiger partial charge on any atom is 0.338 e. The number of hydrogen-bond donors (Lipinski definition) is 1. The highest BCUT2D eigenvalue weighted by Gasteiger charge is 2.25. The van der Waals surface area contributed by atoms with Crippen LogP contribution in [0.25, 0.3) is 0 Å². The second kappa shape index (κ2) is 5.15. The Labute approximate surface area is 101 Å². The Bertz CT molecular complexity index is 413. The SMILES string of the molecule is C=C1CCC(N)CC1OC(=O)c1ccccc1. The fourth-order valence-electron chi connectivity index (χ4n) is 1.99. The Morgan fingerprint density at radius 2 is 2.06 bits per heavy atom. The van der Waals surface area contributed by atoms with Crippen LogP contribution in [-0.2, 0) is 4.74 Å². The van der Waals surface area contributed by atoms with Gasteiger partial charge in [-0.3, -0.25) is 0 Å². The first-order chi connectivity index (χ1) is 8.16. The summed E-state index contributed by atoms with van der Waals surface area (Å²) in [7, 11) is 0. The van der Waals surface area contributed by atoms with Crippen LogP contribution >= 0.6 is 0 Å². The van der Waals surface area contributed by atoms with Crippen molar-refractivity contribution < 1.29 is 9.53 Å². The summed E-state index contributed by atoms with van der Waals surface area (Å²) in [6.45, 7) is 3.94. The van der Waals surface area contributed by atoms with Gasteiger partial charge in [-0.05, 0) is 30.5 Å². The molecule has 0 heterocycles. The third kappa shape index (κ3) is 2.94. The van der Waals surface area contributed by atoms with Crippen molar-refractivity contribution in [3.8, 4) is 0 Å². The molecule has 3 heteroatoms. The van der Waals surface area contributed by atoms with Crippen LogP contribution < -0.4 is 5.73 Å². The van der Waals surface area contributed by atoms with Gasteiger partial charge in [0, 0.05) is 12.5 Å². The highest BCUT2D eigenvalue weighted by molar-refractivity contribution is 5.89. The Kier molecular flexibility index (Phi) is 3.59. The van der Waals surface area contributed by atoms with Gasteiger partial charge in [-0.2, -0.15) is 0 Å². The predicted molar refractivity (Wildman–Crippen MR) is 66.6 cm³/mol. The van der Waals surface area contributed by atoms with E-state index in [1.54, 1.807) is 12.1 Å². The third-order valence-corrected chi connectivity index (χ3v) is 3.07. The highest BCUT2D eigenvalue weighted by atomic mass is 16.5. The highest BCUT2D eigenvalue weighted by Crippen LogP contribution is 2.25. The van der Waals surface area contributed by atoms with Gasteiger partial charge in [0.15, 0.2) is 0 Å². The summed E-state index contributed by atoms with van der Waals surface area (Å²) < 4.78 is 5.44. The molecular formula is C14H17NO2. The number of rotatable bonds is 2. The van der Waals surface area contributed by atoms with E-state index in [4.69, 9.17) is 10.5 Å². The molecule has 1 aromatic rings. The number of nitrogens with two attached hydrogens (primary N) is 1. The molecule has 0 bridgehead atoms. The molecular weight excluding hydrogens is 214 g/mol. The van der Waals surface area contributed by atoms with E-state index in [0.29, 0.717) is 12.0 Å². The van der Waals surface area contributed by atoms with Crippen molar-refractivity contribution in [2.24, 2.45) is 5.73 Å². The van der Waals surface area contributed by atoms with Crippen molar-refractivity contribution >= 4 is 5.97 Å². The summed E-state index contributed by atoms with van der Waals surface area (Å²) in [4.78, 5) is 11.9. The first-order valence-corrected chi connectivity index (χ1v) is 5.86. The quantitative estimate of drug-likeness (QED) is 0.627. The second-order valence-electron chi connectivity index (χ2n) is 4.45. The average molecular weight is 231 g/mol. The van der Waals surface area contributed by atoms with Gasteiger partial charge in [0.05, 0.1) is 5.56 Å². The molecule has 2 N–H and O–H groups in total. The number of carbonyl (C=O) groups is 1. The van der Waals surface area contributed by atoms with E-state index >= 15 is 0 Å². The monoisotopic (exact) mass is 231 g/mol. The van der Waals surface area contributed by atoms with Crippen LogP contribution in [0.4, 0.5) is 0 Å². The summed E-state index contributed by atoms with van der Waals surface area (Å²) in [5.74, 6) is -0.300. The normalized spacial score (nSPS) is 24.4. The van der Waals surface area contributed by atoms with Crippen molar-refractivity contribution in [1.29, 1.82) is 0 Å². The average Bonchev–Trinajstić information content (AvgIpc) is 2.35. The van der Waals surface area contributed by atoms with Gasteiger partial charge in [-0.25, -0.2) is 4.79 Å². The fraction of sp³-hybridized carbons (Fsp3) is 0.357. The predicted octanol–water partition coefficient (Wildman–Crippen LogP) is 2.28. The summed E-state index contributed by atoms with van der Waals surface area (Å²) in [5, 5.41) is 0. The number of esters is 1. The minimum atomic E-state index is -0.300. The van der Waals surface area contributed by atoms with Gasteiger partial charge < -0.3 is 10.5 Å². The Morgan fingerprint density at radius 3 is 2.76 bits per heavy atom. The molecule has 90 valence electrons. The lowest BCUT2D eigenvalue weighted by Gasteiger charge is -2.28. The minimum Gasteiger partial charge on any atom is -0.454 e. The van der Waals surface area contributed by atoms with E-state index in [9.17, 15) is 4.79 Å². The van der Waals surface area contributed by atoms with E-state index in [0.717, 1.165) is 18.4 Å². The molecule has 2 unspecified atom stereocenters. The van der Waals surface area contributed by atoms with Crippen molar-refractivity contribution in [2.75, 3.05) is 0 Å². The van der Waals surface area contributed by atoms with Crippen LogP contribution in [0, 0.1) is 0 Å². The molecule has 1 fully saturated rings. The molecule has 0 amide bonds. The van der Waals surface area contributed by atoms with Crippen LogP contribution in [0.2, 0.25) is 0 Å². The molecule has 0 radical (unpaired) electrons. The molecule has 1 aromatic carbocycles. The van der Waals surface area contributed by atoms with E-state index < -0.39 is 0 Å². The summed E-state index contributed by atoms with van der Waals surface area (Å²) in [5.41, 5.74) is 7.41. The van der Waals surface area contributed by atoms with Crippen LogP contribution in [0.1, 0.15) is 29.6 Å². The maximum absolute atomic E-state index is 11.9. The zero-order chi connectivity index (χ0) is 12.3. The summed E-state index contributed by atoms with van der Waals surface area (Å²) in [6, 6.07) is 9.10. The first-order valence-electron chi connectivity index (χ1n) is 5.86. The smallest absolute Gasteiger partial charge is 0.338 e. The zero-order valence-electron chi connectivity index (χ0n) is 9.76. The Hall–Kier alpha value is -1.61. The number of carbonyl (C=O) groups excluding carboxylic acids is 1. The molecule has 17 heavy (non-hydrogen) atoms. The molecule has 0 aliphatic heterocycles. The lowest BCUT2D eigenvalue weighted by Crippen LogP contribution is -2.34. The number of hydrogen-bond acceptors (Lipinski definition) is 3. The lowest BCUT2D eigenvalue weighted by molar-refractivity contribution is 0.0315. The molecule has 2 rings (SSSR count). The van der Waals surface area contributed by atoms with Gasteiger partial charge in [0.1, 0.15) is 6.10 Å². The molecule has 0 saturated heterocycles. The van der Waals surface area contributed by atoms with Crippen molar-refractivity contribution in [2.45, 2.75) is 31.4 Å². The van der Waals surface area contributed by atoms with Crippen LogP contribution in [-0.4, -0.2) is 18.1 Å². The van der Waals surface area contributed by atoms with Gasteiger partial charge in [0.25, 0.3) is 0 Å². The van der Waals surface area contributed by atoms with E-state index in [1.165, 1.54) is 0 Å². The van der Waals surface area contributed by atoms with Gasteiger partial charge in [0.2, 0.25) is 0 Å². The standard InChI is InChI=1S/C14H17NO2/c1-10-7-8-12(15)9-13(10)17-14(16)11-5-3-2-4-6-11/h2-6,12-13H,1,7-9,15H2. The van der Waals surface area contributed by atoms with Crippen LogP contribution in [0.15, 0.2) is 42.5 Å².